The van der Waals surface area contributed by atoms with Gasteiger partial charge in [-0.15, -0.1) is 0 Å². The highest BCUT2D eigenvalue weighted by Gasteiger charge is 1.93. The number of nitrogens with two attached hydrogens (primary N) is 1. The molecule has 9 heavy (non-hydrogen) atoms. The first-order chi connectivity index (χ1) is 4.20. The van der Waals surface area contributed by atoms with Gasteiger partial charge >= 0.3 is 0 Å². The first-order valence-corrected chi connectivity index (χ1v) is 3.21. The zero-order valence-corrected chi connectivity index (χ0v) is 6.17. The van der Waals surface area contributed by atoms with E-state index in [9.17, 15) is 0 Å². The summed E-state index contributed by atoms with van der Waals surface area (Å²) in [5, 5.41) is 0.634. The van der Waals surface area contributed by atoms with Crippen LogP contribution in [-0.4, -0.2) is 0 Å². The molecule has 0 fully saturated rings. The van der Waals surface area contributed by atoms with E-state index in [4.69, 9.17) is 30.0 Å². The molecule has 0 atom stereocenters. The Hall–Kier alpha value is -0.470. The molecule has 1 aromatic carbocycles. The van der Waals surface area contributed by atoms with Crippen LogP contribution in [0.5, 0.6) is 0 Å². The summed E-state index contributed by atoms with van der Waals surface area (Å²) in [5.41, 5.74) is 6.03. The molecule has 0 heterocycles. The molecule has 0 bridgehead atoms. The molecule has 0 saturated heterocycles. The third kappa shape index (κ3) is 1.47. The van der Waals surface area contributed by atoms with E-state index in [0.717, 1.165) is 0 Å². The third-order valence-corrected chi connectivity index (χ3v) is 1.56. The highest BCUT2D eigenvalue weighted by atomic mass is 35.5. The second kappa shape index (κ2) is 2.42. The lowest BCUT2D eigenvalue weighted by Crippen LogP contribution is -1.84. The smallest absolute Gasteiger partial charge is 0.0621 e. The van der Waals surface area contributed by atoms with Crippen LogP contribution in [0.4, 0.5) is 5.69 Å². The lowest BCUT2D eigenvalue weighted by Gasteiger charge is -1.95. The number of hydrogen-bond donors (Lipinski definition) is 1. The maximum Gasteiger partial charge on any atom is 0.0621 e. The average molecular weight is 159 g/mol. The zero-order chi connectivity index (χ0) is 6.85. The van der Waals surface area contributed by atoms with Gasteiger partial charge < -0.3 is 5.73 Å². The van der Waals surface area contributed by atoms with E-state index >= 15 is 0 Å². The Morgan fingerprint density at radius 2 is 2.11 bits per heavy atom. The molecule has 2 N–H and O–H groups in total. The minimum Gasteiger partial charge on any atom is -0.398 e. The van der Waals surface area contributed by atoms with Gasteiger partial charge in [0.25, 0.3) is 0 Å². The van der Waals surface area contributed by atoms with Crippen molar-refractivity contribution in [3.63, 3.8) is 0 Å². The van der Waals surface area contributed by atoms with Crippen molar-refractivity contribution in [2.45, 2.75) is 4.90 Å². The van der Waals surface area contributed by atoms with Crippen LogP contribution in [0.15, 0.2) is 23.1 Å². The molecule has 0 aromatic heterocycles. The fraction of sp³-hybridized carbons (Fsp3) is 0. The lowest BCUT2D eigenvalue weighted by molar-refractivity contribution is 1.48. The molecular formula is C6H5ClNS. The van der Waals surface area contributed by atoms with Crippen LogP contribution in [-0.2, 0) is 0 Å². The van der Waals surface area contributed by atoms with Gasteiger partial charge in [0, 0.05) is 10.7 Å². The lowest BCUT2D eigenvalue weighted by atomic mass is 10.3. The molecule has 0 unspecified atom stereocenters. The third-order valence-electron chi connectivity index (χ3n) is 0.976. The predicted molar refractivity (Wildman–Crippen MR) is 41.7 cm³/mol. The molecule has 1 nitrogen and oxygen atoms in total. The van der Waals surface area contributed by atoms with E-state index < -0.39 is 0 Å². The van der Waals surface area contributed by atoms with Crippen LogP contribution in [0.25, 0.3) is 0 Å². The van der Waals surface area contributed by atoms with Crippen molar-refractivity contribution >= 4 is 29.9 Å². The summed E-state index contributed by atoms with van der Waals surface area (Å²) in [7, 11) is 0. The van der Waals surface area contributed by atoms with Gasteiger partial charge in [0.2, 0.25) is 0 Å². The molecule has 0 aliphatic carbocycles. The van der Waals surface area contributed by atoms with Crippen molar-refractivity contribution in [2.75, 3.05) is 5.73 Å². The first-order valence-electron chi connectivity index (χ1n) is 2.42. The van der Waals surface area contributed by atoms with Crippen molar-refractivity contribution in [2.24, 2.45) is 0 Å². The van der Waals surface area contributed by atoms with Crippen LogP contribution < -0.4 is 5.73 Å². The topological polar surface area (TPSA) is 26.0 Å². The Bertz CT molecular complexity index is 224. The van der Waals surface area contributed by atoms with E-state index in [1.54, 1.807) is 18.2 Å². The fourth-order valence-electron chi connectivity index (χ4n) is 0.508. The van der Waals surface area contributed by atoms with Gasteiger partial charge in [0.05, 0.1) is 4.90 Å². The van der Waals surface area contributed by atoms with Gasteiger partial charge in [-0.25, -0.2) is 0 Å². The molecule has 47 valence electrons. The molecule has 0 amide bonds. The second-order valence-electron chi connectivity index (χ2n) is 1.68. The number of hydrogen-bond acceptors (Lipinski definition) is 1. The number of anilines is 1. The van der Waals surface area contributed by atoms with Crippen molar-refractivity contribution in [1.29, 1.82) is 0 Å². The van der Waals surface area contributed by atoms with E-state index in [0.29, 0.717) is 15.6 Å². The standard InChI is InChI=1S/C6H5ClNS/c7-4-1-2-5(8)6(9)3-4/h1-3H,8H2. The zero-order valence-electron chi connectivity index (χ0n) is 4.60. The van der Waals surface area contributed by atoms with E-state index in [1.807, 2.05) is 0 Å². The van der Waals surface area contributed by atoms with Gasteiger partial charge in [-0.2, -0.15) is 0 Å². The van der Waals surface area contributed by atoms with Gasteiger partial charge in [-0.1, -0.05) is 24.2 Å². The van der Waals surface area contributed by atoms with E-state index in [1.165, 1.54) is 0 Å². The monoisotopic (exact) mass is 158 g/mol. The van der Waals surface area contributed by atoms with Crippen molar-refractivity contribution in [3.8, 4) is 0 Å². The van der Waals surface area contributed by atoms with E-state index in [-0.39, 0.29) is 0 Å². The van der Waals surface area contributed by atoms with Crippen LogP contribution in [0, 0.1) is 0 Å². The highest BCUT2D eigenvalue weighted by Crippen LogP contribution is 2.20. The summed E-state index contributed by atoms with van der Waals surface area (Å²) in [6.07, 6.45) is 0. The molecule has 1 rings (SSSR count). The van der Waals surface area contributed by atoms with Crippen LogP contribution >= 0.6 is 24.2 Å². The quantitative estimate of drug-likeness (QED) is 0.577. The van der Waals surface area contributed by atoms with E-state index in [2.05, 4.69) is 0 Å². The number of halogens is 1. The van der Waals surface area contributed by atoms with Gasteiger partial charge in [-0.05, 0) is 18.2 Å². The molecule has 1 aromatic rings. The number of rotatable bonds is 0. The molecule has 0 saturated carbocycles. The Morgan fingerprint density at radius 3 is 2.56 bits per heavy atom. The summed E-state index contributed by atoms with van der Waals surface area (Å²) in [4.78, 5) is 0.613. The first kappa shape index (κ1) is 6.65. The van der Waals surface area contributed by atoms with Crippen LogP contribution in [0.1, 0.15) is 0 Å². The average Bonchev–Trinajstić information content (AvgIpc) is 1.80. The maximum atomic E-state index is 5.59. The van der Waals surface area contributed by atoms with Crippen LogP contribution in [0.3, 0.4) is 0 Å². The maximum absolute atomic E-state index is 5.59. The number of nitrogen functional groups attached to an aromatic ring is 1. The molecule has 0 spiro atoms. The van der Waals surface area contributed by atoms with Crippen molar-refractivity contribution < 1.29 is 0 Å². The summed E-state index contributed by atoms with van der Waals surface area (Å²) in [5.74, 6) is 0. The van der Waals surface area contributed by atoms with Crippen LogP contribution in [0.2, 0.25) is 5.02 Å². The Morgan fingerprint density at radius 1 is 1.44 bits per heavy atom. The molecule has 3 heteroatoms. The molecule has 0 aliphatic rings. The molecule has 1 radical (unpaired) electrons. The largest absolute Gasteiger partial charge is 0.398 e. The Labute approximate surface area is 64.2 Å². The molecule has 0 aliphatic heterocycles. The van der Waals surface area contributed by atoms with Gasteiger partial charge in [0.1, 0.15) is 0 Å². The summed E-state index contributed by atoms with van der Waals surface area (Å²) >= 11 is 10.4. The second-order valence-corrected chi connectivity index (χ2v) is 2.56. The normalized spacial score (nSPS) is 9.44. The minimum absolute atomic E-state index is 0.606. The number of benzene rings is 1. The minimum atomic E-state index is 0.606. The van der Waals surface area contributed by atoms with Crippen molar-refractivity contribution in [3.05, 3.63) is 23.2 Å². The molecular weight excluding hydrogens is 154 g/mol. The highest BCUT2D eigenvalue weighted by molar-refractivity contribution is 7.80. The predicted octanol–water partition coefficient (Wildman–Crippen LogP) is 2.48. The van der Waals surface area contributed by atoms with Gasteiger partial charge in [-0.3, -0.25) is 0 Å². The Balaban J connectivity index is 3.17. The summed E-state index contributed by atoms with van der Waals surface area (Å²) < 4.78 is 0. The van der Waals surface area contributed by atoms with Gasteiger partial charge in [0.15, 0.2) is 0 Å². The SMILES string of the molecule is Nc1ccc(Cl)cc1[S]. The van der Waals surface area contributed by atoms with Crippen molar-refractivity contribution in [1.82, 2.24) is 0 Å². The summed E-state index contributed by atoms with van der Waals surface area (Å²) in [6.45, 7) is 0. The summed E-state index contributed by atoms with van der Waals surface area (Å²) in [6, 6.07) is 5.07. The fourth-order valence-corrected chi connectivity index (χ4v) is 0.940. The Kier molecular flexibility index (Phi) is 1.78.